The lowest BCUT2D eigenvalue weighted by molar-refractivity contribution is -0.142. The van der Waals surface area contributed by atoms with E-state index in [2.05, 4.69) is 15.6 Å². The Balaban J connectivity index is 1.71. The van der Waals surface area contributed by atoms with E-state index in [4.69, 9.17) is 13.9 Å². The number of nitrogens with zero attached hydrogens (tertiary/aromatic N) is 4. The van der Waals surface area contributed by atoms with Crippen molar-refractivity contribution in [3.05, 3.63) is 78.3 Å². The van der Waals surface area contributed by atoms with Gasteiger partial charge in [0, 0.05) is 13.7 Å². The van der Waals surface area contributed by atoms with Gasteiger partial charge in [0.2, 0.25) is 11.8 Å². The van der Waals surface area contributed by atoms with E-state index in [9.17, 15) is 9.59 Å². The molecule has 0 saturated heterocycles. The third-order valence-corrected chi connectivity index (χ3v) is 5.51. The van der Waals surface area contributed by atoms with E-state index in [0.717, 1.165) is 5.52 Å². The summed E-state index contributed by atoms with van der Waals surface area (Å²) in [6.07, 6.45) is 1.53. The fourth-order valence-electron chi connectivity index (χ4n) is 3.80. The predicted molar refractivity (Wildman–Crippen MR) is 127 cm³/mol. The Labute approximate surface area is 202 Å². The topological polar surface area (TPSA) is 112 Å². The van der Waals surface area contributed by atoms with Crippen LogP contribution in [-0.4, -0.2) is 59.1 Å². The van der Waals surface area contributed by atoms with Crippen LogP contribution in [0.2, 0.25) is 0 Å². The number of carbonyl (C=O) groups excluding carboxylic acids is 2. The highest BCUT2D eigenvalue weighted by Gasteiger charge is 2.33. The molecule has 0 spiro atoms. The van der Waals surface area contributed by atoms with Gasteiger partial charge >= 0.3 is 0 Å². The molecule has 0 bridgehead atoms. The maximum absolute atomic E-state index is 13.7. The minimum atomic E-state index is -0.950. The number of hydrogen-bond donors (Lipinski definition) is 1. The van der Waals surface area contributed by atoms with Gasteiger partial charge in [0.1, 0.15) is 29.6 Å². The normalized spacial score (nSPS) is 11.8. The first kappa shape index (κ1) is 24.0. The van der Waals surface area contributed by atoms with Gasteiger partial charge in [-0.05, 0) is 42.0 Å². The van der Waals surface area contributed by atoms with Crippen molar-refractivity contribution in [2.75, 3.05) is 27.4 Å². The SMILES string of the molecule is COCCNC(=O)C(c1cccc(OC)c1)N(Cc1ccco1)C(=O)Cn1nnc2ccccc21. The number of amides is 2. The summed E-state index contributed by atoms with van der Waals surface area (Å²) < 4.78 is 17.5. The average Bonchev–Trinajstić information content (AvgIpc) is 3.54. The molecular formula is C25H27N5O5. The number of hydrogen-bond acceptors (Lipinski definition) is 7. The molecule has 2 heterocycles. The van der Waals surface area contributed by atoms with Crippen molar-refractivity contribution in [2.45, 2.75) is 19.1 Å². The highest BCUT2D eigenvalue weighted by molar-refractivity contribution is 5.89. The van der Waals surface area contributed by atoms with Crippen molar-refractivity contribution in [3.8, 4) is 5.75 Å². The number of ether oxygens (including phenoxy) is 2. The number of para-hydroxylation sites is 1. The number of aromatic nitrogens is 3. The van der Waals surface area contributed by atoms with Crippen LogP contribution >= 0.6 is 0 Å². The molecule has 4 rings (SSSR count). The summed E-state index contributed by atoms with van der Waals surface area (Å²) >= 11 is 0. The molecule has 0 fully saturated rings. The molecule has 2 aromatic carbocycles. The van der Waals surface area contributed by atoms with E-state index in [1.165, 1.54) is 15.8 Å². The van der Waals surface area contributed by atoms with E-state index in [1.54, 1.807) is 50.6 Å². The molecule has 2 aromatic heterocycles. The third-order valence-electron chi connectivity index (χ3n) is 5.51. The zero-order valence-electron chi connectivity index (χ0n) is 19.6. The number of furan rings is 1. The zero-order chi connectivity index (χ0) is 24.6. The first-order chi connectivity index (χ1) is 17.1. The fraction of sp³-hybridized carbons (Fsp3) is 0.280. The maximum atomic E-state index is 13.7. The van der Waals surface area contributed by atoms with Crippen molar-refractivity contribution in [3.63, 3.8) is 0 Å². The molecule has 1 N–H and O–H groups in total. The molecule has 35 heavy (non-hydrogen) atoms. The summed E-state index contributed by atoms with van der Waals surface area (Å²) in [5, 5.41) is 11.1. The quantitative estimate of drug-likeness (QED) is 0.331. The summed E-state index contributed by atoms with van der Waals surface area (Å²) in [5.74, 6) is 0.440. The van der Waals surface area contributed by atoms with E-state index in [-0.39, 0.29) is 24.9 Å². The van der Waals surface area contributed by atoms with Gasteiger partial charge < -0.3 is 24.1 Å². The van der Waals surface area contributed by atoms with Crippen LogP contribution in [0.15, 0.2) is 71.3 Å². The van der Waals surface area contributed by atoms with Crippen LogP contribution in [0.25, 0.3) is 11.0 Å². The summed E-state index contributed by atoms with van der Waals surface area (Å²) in [4.78, 5) is 28.7. The van der Waals surface area contributed by atoms with Crippen molar-refractivity contribution < 1.29 is 23.5 Å². The van der Waals surface area contributed by atoms with E-state index in [1.807, 2.05) is 24.3 Å². The Kier molecular flexibility index (Phi) is 7.74. The summed E-state index contributed by atoms with van der Waals surface area (Å²) in [6, 6.07) is 17.0. The summed E-state index contributed by atoms with van der Waals surface area (Å²) in [6.45, 7) is 0.616. The lowest BCUT2D eigenvalue weighted by Crippen LogP contribution is -2.45. The Bertz CT molecular complexity index is 1270. The second-order valence-corrected chi connectivity index (χ2v) is 7.80. The van der Waals surface area contributed by atoms with Crippen LogP contribution in [0.3, 0.4) is 0 Å². The fourth-order valence-corrected chi connectivity index (χ4v) is 3.80. The van der Waals surface area contributed by atoms with Crippen LogP contribution in [0.5, 0.6) is 5.75 Å². The van der Waals surface area contributed by atoms with Gasteiger partial charge in [0.15, 0.2) is 0 Å². The molecule has 1 atom stereocenters. The molecule has 2 amide bonds. The highest BCUT2D eigenvalue weighted by Crippen LogP contribution is 2.27. The molecule has 182 valence electrons. The van der Waals surface area contributed by atoms with Gasteiger partial charge in [-0.3, -0.25) is 9.59 Å². The van der Waals surface area contributed by atoms with Crippen molar-refractivity contribution in [1.82, 2.24) is 25.2 Å². The molecule has 10 heteroatoms. The molecule has 1 unspecified atom stereocenters. The molecule has 0 aliphatic heterocycles. The van der Waals surface area contributed by atoms with Crippen LogP contribution in [-0.2, 0) is 27.4 Å². The Hall–Kier alpha value is -4.18. The second-order valence-electron chi connectivity index (χ2n) is 7.80. The monoisotopic (exact) mass is 477 g/mol. The molecule has 0 saturated carbocycles. The van der Waals surface area contributed by atoms with Crippen LogP contribution in [0.1, 0.15) is 17.4 Å². The second kappa shape index (κ2) is 11.3. The summed E-state index contributed by atoms with van der Waals surface area (Å²) in [7, 11) is 3.11. The maximum Gasteiger partial charge on any atom is 0.247 e. The van der Waals surface area contributed by atoms with Gasteiger partial charge in [-0.25, -0.2) is 4.68 Å². The van der Waals surface area contributed by atoms with Crippen LogP contribution in [0, 0.1) is 0 Å². The van der Waals surface area contributed by atoms with E-state index in [0.29, 0.717) is 35.7 Å². The van der Waals surface area contributed by atoms with Gasteiger partial charge in [0.05, 0.1) is 32.0 Å². The number of carbonyl (C=O) groups is 2. The number of benzene rings is 2. The lowest BCUT2D eigenvalue weighted by atomic mass is 10.0. The van der Waals surface area contributed by atoms with Gasteiger partial charge in [-0.1, -0.05) is 29.5 Å². The molecular weight excluding hydrogens is 450 g/mol. The van der Waals surface area contributed by atoms with Crippen LogP contribution in [0.4, 0.5) is 0 Å². The Morgan fingerprint density at radius 1 is 1.11 bits per heavy atom. The molecule has 0 radical (unpaired) electrons. The minimum absolute atomic E-state index is 0.0814. The molecule has 0 aliphatic carbocycles. The smallest absolute Gasteiger partial charge is 0.247 e. The zero-order valence-corrected chi connectivity index (χ0v) is 19.6. The molecule has 10 nitrogen and oxygen atoms in total. The minimum Gasteiger partial charge on any atom is -0.497 e. The first-order valence-electron chi connectivity index (χ1n) is 11.1. The predicted octanol–water partition coefficient (Wildman–Crippen LogP) is 2.57. The van der Waals surface area contributed by atoms with Crippen molar-refractivity contribution in [2.24, 2.45) is 0 Å². The van der Waals surface area contributed by atoms with Crippen molar-refractivity contribution >= 4 is 22.8 Å². The highest BCUT2D eigenvalue weighted by atomic mass is 16.5. The van der Waals surface area contributed by atoms with Crippen LogP contribution < -0.4 is 10.1 Å². The summed E-state index contributed by atoms with van der Waals surface area (Å²) in [5.41, 5.74) is 2.00. The molecule has 0 aliphatic rings. The number of fused-ring (bicyclic) bond motifs is 1. The Morgan fingerprint density at radius 2 is 1.97 bits per heavy atom. The lowest BCUT2D eigenvalue weighted by Gasteiger charge is -2.31. The largest absolute Gasteiger partial charge is 0.497 e. The molecule has 4 aromatic rings. The van der Waals surface area contributed by atoms with Gasteiger partial charge in [0.25, 0.3) is 0 Å². The third kappa shape index (κ3) is 5.67. The average molecular weight is 478 g/mol. The van der Waals surface area contributed by atoms with Crippen molar-refractivity contribution in [1.29, 1.82) is 0 Å². The van der Waals surface area contributed by atoms with E-state index < -0.39 is 6.04 Å². The number of methoxy groups -OCH3 is 2. The number of rotatable bonds is 11. The van der Waals surface area contributed by atoms with E-state index >= 15 is 0 Å². The standard InChI is InChI=1S/C25H27N5O5/c1-33-14-12-26-25(32)24(18-7-5-8-19(15-18)34-2)29(16-20-9-6-13-35-20)23(31)17-30-22-11-4-3-10-21(22)27-28-30/h3-11,13,15,24H,12,14,16-17H2,1-2H3,(H,26,32). The first-order valence-corrected chi connectivity index (χ1v) is 11.1. The van der Waals surface area contributed by atoms with Gasteiger partial charge in [-0.15, -0.1) is 5.10 Å². The number of nitrogens with one attached hydrogen (secondary N) is 1. The Morgan fingerprint density at radius 3 is 2.74 bits per heavy atom. The van der Waals surface area contributed by atoms with Gasteiger partial charge in [-0.2, -0.15) is 0 Å².